The lowest BCUT2D eigenvalue weighted by Crippen LogP contribution is -1.95. The van der Waals surface area contributed by atoms with Crippen molar-refractivity contribution in [1.82, 2.24) is 20.2 Å². The van der Waals surface area contributed by atoms with Crippen LogP contribution in [-0.2, 0) is 6.54 Å². The van der Waals surface area contributed by atoms with Crippen LogP contribution in [0.5, 0.6) is 0 Å². The quantitative estimate of drug-likeness (QED) is 0.666. The van der Waals surface area contributed by atoms with E-state index in [9.17, 15) is 0 Å². The van der Waals surface area contributed by atoms with Crippen LogP contribution in [0, 0.1) is 0 Å². The molecule has 3 rings (SSSR count). The Balaban J connectivity index is 2.21. The summed E-state index contributed by atoms with van der Waals surface area (Å²) in [6, 6.07) is 3.76. The van der Waals surface area contributed by atoms with Crippen molar-refractivity contribution in [2.75, 3.05) is 0 Å². The monoisotopic (exact) mass is 215 g/mol. The molecule has 0 spiro atoms. The second-order valence-electron chi connectivity index (χ2n) is 3.30. The Morgan fingerprint density at radius 1 is 1.31 bits per heavy atom. The molecule has 0 saturated carbocycles. The highest BCUT2D eigenvalue weighted by Crippen LogP contribution is 2.25. The molecule has 0 unspecified atom stereocenters. The van der Waals surface area contributed by atoms with Gasteiger partial charge in [-0.1, -0.05) is 0 Å². The van der Waals surface area contributed by atoms with Gasteiger partial charge in [0, 0.05) is 17.8 Å². The van der Waals surface area contributed by atoms with E-state index in [4.69, 9.17) is 10.2 Å². The van der Waals surface area contributed by atoms with E-state index in [0.717, 1.165) is 16.6 Å². The summed E-state index contributed by atoms with van der Waals surface area (Å²) >= 11 is 0. The van der Waals surface area contributed by atoms with Gasteiger partial charge >= 0.3 is 0 Å². The highest BCUT2D eigenvalue weighted by molar-refractivity contribution is 5.90. The lowest BCUT2D eigenvalue weighted by atomic mass is 10.2. The fraction of sp³-hybridized carbons (Fsp3) is 0.100. The number of fused-ring (bicyclic) bond motifs is 1. The smallest absolute Gasteiger partial charge is 0.248 e. The number of aromatic nitrogens is 4. The first kappa shape index (κ1) is 9.05. The number of aromatic amines is 1. The van der Waals surface area contributed by atoms with E-state index < -0.39 is 0 Å². The van der Waals surface area contributed by atoms with Gasteiger partial charge in [-0.2, -0.15) is 0 Å². The van der Waals surface area contributed by atoms with Crippen molar-refractivity contribution < 1.29 is 4.42 Å². The molecule has 3 aromatic rings. The minimum absolute atomic E-state index is 0.244. The molecular formula is C10H9N5O. The van der Waals surface area contributed by atoms with Crippen LogP contribution in [0.2, 0.25) is 0 Å². The van der Waals surface area contributed by atoms with Gasteiger partial charge in [0.2, 0.25) is 11.8 Å². The highest BCUT2D eigenvalue weighted by Gasteiger charge is 2.11. The van der Waals surface area contributed by atoms with Crippen LogP contribution in [0.3, 0.4) is 0 Å². The van der Waals surface area contributed by atoms with Gasteiger partial charge in [0.05, 0.1) is 12.1 Å². The molecule has 0 saturated heterocycles. The maximum Gasteiger partial charge on any atom is 0.248 e. The summed E-state index contributed by atoms with van der Waals surface area (Å²) in [7, 11) is 0. The third-order valence-electron chi connectivity index (χ3n) is 2.33. The zero-order valence-corrected chi connectivity index (χ0v) is 8.34. The lowest BCUT2D eigenvalue weighted by Gasteiger charge is -1.95. The van der Waals surface area contributed by atoms with Gasteiger partial charge in [-0.25, -0.2) is 4.98 Å². The number of rotatable bonds is 2. The average Bonchev–Trinajstić information content (AvgIpc) is 2.97. The summed E-state index contributed by atoms with van der Waals surface area (Å²) in [4.78, 5) is 7.21. The van der Waals surface area contributed by atoms with E-state index in [1.807, 2.05) is 18.3 Å². The van der Waals surface area contributed by atoms with Gasteiger partial charge < -0.3 is 15.1 Å². The van der Waals surface area contributed by atoms with E-state index in [2.05, 4.69) is 20.2 Å². The summed E-state index contributed by atoms with van der Waals surface area (Å²) in [6.45, 7) is 0.244. The van der Waals surface area contributed by atoms with Crippen LogP contribution in [0.4, 0.5) is 0 Å². The molecule has 3 aromatic heterocycles. The van der Waals surface area contributed by atoms with Gasteiger partial charge in [-0.15, -0.1) is 10.2 Å². The molecule has 0 fully saturated rings. The molecular weight excluding hydrogens is 206 g/mol. The first-order valence-corrected chi connectivity index (χ1v) is 4.83. The zero-order chi connectivity index (χ0) is 11.0. The molecule has 0 bridgehead atoms. The summed E-state index contributed by atoms with van der Waals surface area (Å²) < 4.78 is 5.41. The van der Waals surface area contributed by atoms with Gasteiger partial charge in [-0.05, 0) is 12.1 Å². The van der Waals surface area contributed by atoms with Crippen molar-refractivity contribution in [3.63, 3.8) is 0 Å². The number of pyridine rings is 1. The standard InChI is InChI=1S/C10H9N5O/c11-5-8-14-15-10(16-8)7-2-4-13-9-6(7)1-3-12-9/h1-4H,5,11H2,(H,12,13). The molecule has 0 aliphatic rings. The predicted octanol–water partition coefficient (Wildman–Crippen LogP) is 1.07. The van der Waals surface area contributed by atoms with Crippen molar-refractivity contribution in [3.05, 3.63) is 30.4 Å². The molecule has 0 radical (unpaired) electrons. The van der Waals surface area contributed by atoms with Crippen molar-refractivity contribution in [3.8, 4) is 11.5 Å². The van der Waals surface area contributed by atoms with Crippen molar-refractivity contribution >= 4 is 11.0 Å². The average molecular weight is 215 g/mol. The Bertz CT molecular complexity index is 627. The molecule has 80 valence electrons. The van der Waals surface area contributed by atoms with Crippen molar-refractivity contribution in [1.29, 1.82) is 0 Å². The number of nitrogens with one attached hydrogen (secondary N) is 1. The van der Waals surface area contributed by atoms with Crippen LogP contribution in [-0.4, -0.2) is 20.2 Å². The number of nitrogens with two attached hydrogens (primary N) is 1. The third kappa shape index (κ3) is 1.28. The minimum atomic E-state index is 0.244. The van der Waals surface area contributed by atoms with Gasteiger partial charge in [0.25, 0.3) is 0 Å². The van der Waals surface area contributed by atoms with Gasteiger partial charge in [0.1, 0.15) is 5.65 Å². The molecule has 3 N–H and O–H groups in total. The molecule has 0 aliphatic carbocycles. The Morgan fingerprint density at radius 3 is 3.06 bits per heavy atom. The van der Waals surface area contributed by atoms with Crippen LogP contribution in [0.1, 0.15) is 5.89 Å². The molecule has 0 atom stereocenters. The molecule has 6 nitrogen and oxygen atoms in total. The SMILES string of the molecule is NCc1nnc(-c2ccnc3[nH]ccc23)o1. The van der Waals surface area contributed by atoms with E-state index >= 15 is 0 Å². The van der Waals surface area contributed by atoms with Gasteiger partial charge in [-0.3, -0.25) is 0 Å². The van der Waals surface area contributed by atoms with E-state index in [1.54, 1.807) is 6.20 Å². The topological polar surface area (TPSA) is 93.6 Å². The molecule has 0 amide bonds. The molecule has 0 aromatic carbocycles. The molecule has 3 heterocycles. The molecule has 6 heteroatoms. The van der Waals surface area contributed by atoms with Crippen LogP contribution < -0.4 is 5.73 Å². The second-order valence-corrected chi connectivity index (χ2v) is 3.30. The first-order chi connectivity index (χ1) is 7.88. The van der Waals surface area contributed by atoms with Crippen LogP contribution in [0.25, 0.3) is 22.5 Å². The molecule has 16 heavy (non-hydrogen) atoms. The number of hydrogen-bond acceptors (Lipinski definition) is 5. The normalized spacial score (nSPS) is 11.1. The van der Waals surface area contributed by atoms with Crippen molar-refractivity contribution in [2.45, 2.75) is 6.54 Å². The Hall–Kier alpha value is -2.21. The van der Waals surface area contributed by atoms with Crippen molar-refractivity contribution in [2.24, 2.45) is 5.73 Å². The van der Waals surface area contributed by atoms with E-state index in [1.165, 1.54) is 0 Å². The van der Waals surface area contributed by atoms with Gasteiger partial charge in [0.15, 0.2) is 0 Å². The fourth-order valence-corrected chi connectivity index (χ4v) is 1.59. The summed E-state index contributed by atoms with van der Waals surface area (Å²) in [5.74, 6) is 0.892. The first-order valence-electron chi connectivity index (χ1n) is 4.83. The predicted molar refractivity (Wildman–Crippen MR) is 57.3 cm³/mol. The largest absolute Gasteiger partial charge is 0.419 e. The maximum atomic E-state index is 5.42. The fourth-order valence-electron chi connectivity index (χ4n) is 1.59. The van der Waals surface area contributed by atoms with Crippen LogP contribution in [0.15, 0.2) is 28.9 Å². The second kappa shape index (κ2) is 3.42. The number of hydrogen-bond donors (Lipinski definition) is 2. The van der Waals surface area contributed by atoms with Crippen LogP contribution >= 0.6 is 0 Å². The lowest BCUT2D eigenvalue weighted by molar-refractivity contribution is 0.509. The summed E-state index contributed by atoms with van der Waals surface area (Å²) in [5, 5.41) is 8.73. The van der Waals surface area contributed by atoms with E-state index in [-0.39, 0.29) is 6.54 Å². The summed E-state index contributed by atoms with van der Waals surface area (Å²) in [5.41, 5.74) is 7.08. The molecule has 0 aliphatic heterocycles. The highest BCUT2D eigenvalue weighted by atomic mass is 16.4. The minimum Gasteiger partial charge on any atom is -0.419 e. The number of nitrogens with zero attached hydrogens (tertiary/aromatic N) is 3. The summed E-state index contributed by atoms with van der Waals surface area (Å²) in [6.07, 6.45) is 3.52. The maximum absolute atomic E-state index is 5.42. The Morgan fingerprint density at radius 2 is 2.25 bits per heavy atom. The zero-order valence-electron chi connectivity index (χ0n) is 8.34. The third-order valence-corrected chi connectivity index (χ3v) is 2.33. The Kier molecular flexibility index (Phi) is 1.94. The number of H-pyrrole nitrogens is 1. The van der Waals surface area contributed by atoms with E-state index in [0.29, 0.717) is 11.8 Å². The Labute approximate surface area is 90.5 Å².